The first-order chi connectivity index (χ1) is 11.0. The number of aliphatic hydroxyl groups is 2. The van der Waals surface area contributed by atoms with Crippen LogP contribution in [0.25, 0.3) is 0 Å². The maximum Gasteiger partial charge on any atom is 0.330 e. The third-order valence-corrected chi connectivity index (χ3v) is 4.42. The lowest BCUT2D eigenvalue weighted by Crippen LogP contribution is -2.58. The largest absolute Gasteiger partial charge is 0.394 e. The van der Waals surface area contributed by atoms with E-state index in [-0.39, 0.29) is 13.0 Å². The van der Waals surface area contributed by atoms with Crippen LogP contribution in [0, 0.1) is 6.92 Å². The fourth-order valence-electron chi connectivity index (χ4n) is 3.20. The minimum atomic E-state index is -1.29. The Morgan fingerprint density at radius 2 is 2.26 bits per heavy atom. The number of hydrogen-bond donors (Lipinski definition) is 4. The predicted molar refractivity (Wildman–Crippen MR) is 79.2 cm³/mol. The van der Waals surface area contributed by atoms with Crippen molar-refractivity contribution in [2.75, 3.05) is 26.3 Å². The van der Waals surface area contributed by atoms with Crippen LogP contribution in [0.15, 0.2) is 15.8 Å². The lowest BCUT2D eigenvalue weighted by Gasteiger charge is -2.40. The first-order valence-electron chi connectivity index (χ1n) is 7.60. The third-order valence-electron chi connectivity index (χ3n) is 4.42. The van der Waals surface area contributed by atoms with Crippen LogP contribution in [0.1, 0.15) is 12.0 Å². The zero-order valence-electron chi connectivity index (χ0n) is 12.8. The van der Waals surface area contributed by atoms with Crippen molar-refractivity contribution in [1.82, 2.24) is 14.9 Å². The summed E-state index contributed by atoms with van der Waals surface area (Å²) in [6, 6.07) is 0. The van der Waals surface area contributed by atoms with Gasteiger partial charge in [0.15, 0.2) is 5.72 Å². The monoisotopic (exact) mass is 327 g/mol. The number of rotatable bonds is 3. The van der Waals surface area contributed by atoms with Gasteiger partial charge in [0, 0.05) is 31.3 Å². The number of aryl methyl sites for hydroxylation is 1. The highest BCUT2D eigenvalue weighted by Gasteiger charge is 2.53. The highest BCUT2D eigenvalue weighted by Crippen LogP contribution is 2.38. The van der Waals surface area contributed by atoms with E-state index >= 15 is 0 Å². The number of aliphatic hydroxyl groups excluding tert-OH is 2. The summed E-state index contributed by atoms with van der Waals surface area (Å²) < 4.78 is 12.9. The average molecular weight is 327 g/mol. The number of nitrogens with one attached hydrogen (secondary N) is 2. The Hall–Kier alpha value is -1.52. The van der Waals surface area contributed by atoms with Gasteiger partial charge >= 0.3 is 5.69 Å². The van der Waals surface area contributed by atoms with Crippen LogP contribution in [0.2, 0.25) is 0 Å². The Morgan fingerprint density at radius 1 is 1.48 bits per heavy atom. The van der Waals surface area contributed by atoms with E-state index in [0.717, 1.165) is 0 Å². The quantitative estimate of drug-likeness (QED) is 0.489. The maximum atomic E-state index is 12.3. The molecule has 9 heteroatoms. The molecule has 0 amide bonds. The molecule has 1 aromatic rings. The maximum absolute atomic E-state index is 12.3. The average Bonchev–Trinajstić information content (AvgIpc) is 2.89. The van der Waals surface area contributed by atoms with Gasteiger partial charge in [0.05, 0.1) is 19.3 Å². The summed E-state index contributed by atoms with van der Waals surface area (Å²) in [6.45, 7) is 2.75. The zero-order valence-corrected chi connectivity index (χ0v) is 12.8. The fraction of sp³-hybridized carbons (Fsp3) is 0.714. The first kappa shape index (κ1) is 16.3. The molecule has 2 saturated heterocycles. The van der Waals surface area contributed by atoms with Crippen molar-refractivity contribution in [1.29, 1.82) is 0 Å². The van der Waals surface area contributed by atoms with Crippen molar-refractivity contribution in [3.63, 3.8) is 0 Å². The number of aromatic amines is 1. The van der Waals surface area contributed by atoms with Crippen LogP contribution < -0.4 is 16.6 Å². The molecule has 23 heavy (non-hydrogen) atoms. The first-order valence-corrected chi connectivity index (χ1v) is 7.60. The van der Waals surface area contributed by atoms with Gasteiger partial charge in [-0.05, 0) is 6.92 Å². The molecule has 4 N–H and O–H groups in total. The van der Waals surface area contributed by atoms with E-state index in [1.54, 1.807) is 6.92 Å². The second-order valence-corrected chi connectivity index (χ2v) is 5.96. The second-order valence-electron chi connectivity index (χ2n) is 5.96. The minimum absolute atomic E-state index is 0.0793. The molecular weight excluding hydrogens is 306 g/mol. The summed E-state index contributed by atoms with van der Waals surface area (Å²) in [5, 5.41) is 22.7. The molecule has 1 aromatic heterocycles. The Morgan fingerprint density at radius 3 is 2.87 bits per heavy atom. The van der Waals surface area contributed by atoms with Gasteiger partial charge in [0.2, 0.25) is 0 Å². The molecular formula is C14H21N3O6. The summed E-state index contributed by atoms with van der Waals surface area (Å²) >= 11 is 0. The van der Waals surface area contributed by atoms with Gasteiger partial charge in [0.1, 0.15) is 12.2 Å². The van der Waals surface area contributed by atoms with E-state index in [1.165, 1.54) is 10.8 Å². The third kappa shape index (κ3) is 2.74. The van der Waals surface area contributed by atoms with Crippen molar-refractivity contribution in [2.45, 2.75) is 37.4 Å². The predicted octanol–water partition coefficient (Wildman–Crippen LogP) is -2.37. The summed E-state index contributed by atoms with van der Waals surface area (Å²) in [7, 11) is 0. The molecule has 2 aliphatic rings. The van der Waals surface area contributed by atoms with E-state index in [9.17, 15) is 19.8 Å². The van der Waals surface area contributed by atoms with Gasteiger partial charge in [-0.15, -0.1) is 0 Å². The SMILES string of the molecule is Cc1cn([C@@]2(C3CNCCO3)C[C@H](O)[C@@H](CO)O2)c(=O)[nH]c1=O. The second kappa shape index (κ2) is 6.17. The zero-order chi connectivity index (χ0) is 16.6. The van der Waals surface area contributed by atoms with Crippen LogP contribution in [-0.4, -0.2) is 64.4 Å². The molecule has 4 atom stereocenters. The number of nitrogens with zero attached hydrogens (tertiary/aromatic N) is 1. The molecule has 0 aliphatic carbocycles. The molecule has 0 bridgehead atoms. The van der Waals surface area contributed by atoms with Crippen molar-refractivity contribution < 1.29 is 19.7 Å². The van der Waals surface area contributed by atoms with Crippen LogP contribution in [-0.2, 0) is 15.2 Å². The Bertz CT molecular complexity index is 680. The minimum Gasteiger partial charge on any atom is -0.394 e. The fourth-order valence-corrected chi connectivity index (χ4v) is 3.20. The number of H-pyrrole nitrogens is 1. The van der Waals surface area contributed by atoms with E-state index in [4.69, 9.17) is 9.47 Å². The molecule has 2 fully saturated rings. The number of hydrogen-bond acceptors (Lipinski definition) is 7. The number of ether oxygens (including phenoxy) is 2. The van der Waals surface area contributed by atoms with Gasteiger partial charge in [-0.3, -0.25) is 14.3 Å². The molecule has 0 spiro atoms. The molecule has 3 heterocycles. The highest BCUT2D eigenvalue weighted by atomic mass is 16.6. The topological polar surface area (TPSA) is 126 Å². The van der Waals surface area contributed by atoms with E-state index in [1.807, 2.05) is 0 Å². The van der Waals surface area contributed by atoms with Crippen LogP contribution in [0.5, 0.6) is 0 Å². The molecule has 9 nitrogen and oxygen atoms in total. The van der Waals surface area contributed by atoms with Gasteiger partial charge in [-0.25, -0.2) is 4.79 Å². The summed E-state index contributed by atoms with van der Waals surface area (Å²) in [5.41, 5.74) is -2.05. The lowest BCUT2D eigenvalue weighted by molar-refractivity contribution is -0.200. The van der Waals surface area contributed by atoms with Gasteiger partial charge in [-0.1, -0.05) is 0 Å². The van der Waals surface area contributed by atoms with Crippen LogP contribution >= 0.6 is 0 Å². The summed E-state index contributed by atoms with van der Waals surface area (Å²) in [4.78, 5) is 26.2. The van der Waals surface area contributed by atoms with Crippen LogP contribution in [0.3, 0.4) is 0 Å². The highest BCUT2D eigenvalue weighted by molar-refractivity contribution is 5.07. The van der Waals surface area contributed by atoms with Crippen molar-refractivity contribution in [2.24, 2.45) is 0 Å². The molecule has 128 valence electrons. The summed E-state index contributed by atoms with van der Waals surface area (Å²) in [5.74, 6) is 0. The number of aromatic nitrogens is 2. The smallest absolute Gasteiger partial charge is 0.330 e. The summed E-state index contributed by atoms with van der Waals surface area (Å²) in [6.07, 6.45) is -0.809. The molecule has 0 radical (unpaired) electrons. The van der Waals surface area contributed by atoms with E-state index < -0.39 is 35.3 Å². The standard InChI is InChI=1S/C14H21N3O6/c1-8-6-17(13(21)16-12(8)20)14(11-5-15-2-3-22-11)4-9(19)10(7-18)23-14/h6,9-11,15,18-19H,2-5,7H2,1H3,(H,16,20,21)/t9-,10+,11?,14-/m0/s1. The Balaban J connectivity index is 2.11. The number of morpholine rings is 1. The van der Waals surface area contributed by atoms with Crippen molar-refractivity contribution >= 4 is 0 Å². The van der Waals surface area contributed by atoms with Crippen LogP contribution in [0.4, 0.5) is 0 Å². The van der Waals surface area contributed by atoms with E-state index in [2.05, 4.69) is 10.3 Å². The molecule has 2 aliphatic heterocycles. The molecule has 0 aromatic carbocycles. The molecule has 0 saturated carbocycles. The van der Waals surface area contributed by atoms with Gasteiger partial charge < -0.3 is 25.0 Å². The van der Waals surface area contributed by atoms with E-state index in [0.29, 0.717) is 25.3 Å². The van der Waals surface area contributed by atoms with Crippen molar-refractivity contribution in [3.8, 4) is 0 Å². The normalized spacial score (nSPS) is 34.7. The van der Waals surface area contributed by atoms with Crippen molar-refractivity contribution in [3.05, 3.63) is 32.6 Å². The molecule has 1 unspecified atom stereocenters. The Labute approximate surface area is 131 Å². The Kier molecular flexibility index (Phi) is 4.39. The molecule has 3 rings (SSSR count). The lowest BCUT2D eigenvalue weighted by atomic mass is 9.99. The van der Waals surface area contributed by atoms with Gasteiger partial charge in [-0.2, -0.15) is 0 Å². The van der Waals surface area contributed by atoms with Gasteiger partial charge in [0.25, 0.3) is 5.56 Å².